The molecule has 0 radical (unpaired) electrons. The summed E-state index contributed by atoms with van der Waals surface area (Å²) in [7, 11) is 0. The molecule has 0 aromatic heterocycles. The quantitative estimate of drug-likeness (QED) is 0.475. The monoisotopic (exact) mass is 293 g/mol. The Balaban J connectivity index is 2.68. The summed E-state index contributed by atoms with van der Waals surface area (Å²) in [6.45, 7) is -0.342. The van der Waals surface area contributed by atoms with Crippen LogP contribution in [-0.4, -0.2) is 25.1 Å². The molecular weight excluding hydrogens is 286 g/mol. The van der Waals surface area contributed by atoms with Gasteiger partial charge in [0.25, 0.3) is 0 Å². The Bertz CT molecular complexity index is 491. The number of halogens is 3. The highest BCUT2D eigenvalue weighted by atomic mass is 35.5. The van der Waals surface area contributed by atoms with Gasteiger partial charge >= 0.3 is 11.7 Å². The maximum atomic E-state index is 13.1. The molecule has 1 aromatic rings. The number of carbonyl (C=O) groups is 1. The first-order valence-corrected chi connectivity index (χ1v) is 5.68. The maximum Gasteiger partial charge on any atom is 0.424 e. The highest BCUT2D eigenvalue weighted by molar-refractivity contribution is 6.32. The lowest BCUT2D eigenvalue weighted by Crippen LogP contribution is -2.16. The third-order valence-electron chi connectivity index (χ3n) is 1.79. The van der Waals surface area contributed by atoms with E-state index < -0.39 is 18.4 Å². The van der Waals surface area contributed by atoms with Crippen molar-refractivity contribution in [2.24, 2.45) is 0 Å². The first-order valence-electron chi connectivity index (χ1n) is 4.77. The van der Waals surface area contributed by atoms with Crippen LogP contribution < -0.4 is 4.74 Å². The zero-order chi connectivity index (χ0) is 13.5. The first-order chi connectivity index (χ1) is 8.58. The topological polar surface area (TPSA) is 63.7 Å². The van der Waals surface area contributed by atoms with Crippen molar-refractivity contribution in [1.82, 2.24) is 0 Å². The fourth-order valence-corrected chi connectivity index (χ4v) is 1.32. The van der Waals surface area contributed by atoms with Gasteiger partial charge in [-0.2, -0.15) is 4.39 Å². The van der Waals surface area contributed by atoms with Crippen LogP contribution in [0.5, 0.6) is 5.75 Å². The minimum Gasteiger partial charge on any atom is -0.480 e. The number of benzene rings is 1. The summed E-state index contributed by atoms with van der Waals surface area (Å²) in [6.07, 6.45) is 0. The Kier molecular flexibility index (Phi) is 5.62. The number of esters is 1. The Labute approximate surface area is 112 Å². The Hall–Kier alpha value is -1.58. The molecule has 0 bridgehead atoms. The average molecular weight is 294 g/mol. The number of carbonyl (C=O) groups excluding carboxylic acids is 1. The molecule has 0 saturated heterocycles. The van der Waals surface area contributed by atoms with Gasteiger partial charge in [-0.25, -0.2) is 4.79 Å². The lowest BCUT2D eigenvalue weighted by atomic mass is 10.3. The van der Waals surface area contributed by atoms with Gasteiger partial charge < -0.3 is 9.47 Å². The summed E-state index contributed by atoms with van der Waals surface area (Å²) in [4.78, 5) is 13.8. The largest absolute Gasteiger partial charge is 0.480 e. The molecule has 0 unspecified atom stereocenters. The van der Waals surface area contributed by atoms with Crippen molar-refractivity contribution >= 4 is 34.9 Å². The zero-order valence-corrected chi connectivity index (χ0v) is 10.5. The molecule has 0 aliphatic rings. The third kappa shape index (κ3) is 4.02. The van der Waals surface area contributed by atoms with Crippen LogP contribution in [0, 0.1) is 11.2 Å². The number of nitrogens with zero attached hydrogens (tertiary/aromatic N) is 2. The van der Waals surface area contributed by atoms with Crippen LogP contribution in [0.4, 0.5) is 10.1 Å². The van der Waals surface area contributed by atoms with E-state index in [-0.39, 0.29) is 28.9 Å². The molecule has 0 atom stereocenters. The summed E-state index contributed by atoms with van der Waals surface area (Å²) in [5.41, 5.74) is -0.344. The molecule has 18 heavy (non-hydrogen) atoms. The van der Waals surface area contributed by atoms with E-state index in [1.165, 1.54) is 0 Å². The van der Waals surface area contributed by atoms with Crippen LogP contribution in [0.3, 0.4) is 0 Å². The van der Waals surface area contributed by atoms with Gasteiger partial charge in [0.2, 0.25) is 11.2 Å². The predicted octanol–water partition coefficient (Wildman–Crippen LogP) is 3.12. The fourth-order valence-electron chi connectivity index (χ4n) is 1.04. The second kappa shape index (κ2) is 6.99. The van der Waals surface area contributed by atoms with E-state index in [4.69, 9.17) is 33.3 Å². The fraction of sp³-hybridized carbons (Fsp3) is 0.300. The van der Waals surface area contributed by atoms with Crippen LogP contribution in [-0.2, 0) is 9.53 Å². The second-order valence-corrected chi connectivity index (χ2v) is 3.82. The standard InChI is InChI=1S/C10H8Cl2FN2O3/c11-1-2-17-10(16)5-18-9-4-8(15-14)7(13)3-6(9)12/h3-4H,1-2,5H2/q+1. The number of rotatable bonds is 5. The first kappa shape index (κ1) is 14.5. The van der Waals surface area contributed by atoms with Gasteiger partial charge in [0, 0.05) is 6.07 Å². The number of ether oxygens (including phenoxy) is 2. The van der Waals surface area contributed by atoms with Crippen LogP contribution in [0.15, 0.2) is 12.1 Å². The Morgan fingerprint density at radius 2 is 2.22 bits per heavy atom. The van der Waals surface area contributed by atoms with Crippen LogP contribution in [0.2, 0.25) is 5.02 Å². The van der Waals surface area contributed by atoms with Crippen molar-refractivity contribution in [1.29, 1.82) is 5.39 Å². The van der Waals surface area contributed by atoms with E-state index in [1.54, 1.807) is 0 Å². The van der Waals surface area contributed by atoms with E-state index in [1.807, 2.05) is 0 Å². The van der Waals surface area contributed by atoms with Gasteiger partial charge in [-0.1, -0.05) is 11.6 Å². The maximum absolute atomic E-state index is 13.1. The molecule has 0 aliphatic heterocycles. The number of hydrogen-bond donors (Lipinski definition) is 0. The molecule has 0 spiro atoms. The summed E-state index contributed by atoms with van der Waals surface area (Å²) >= 11 is 11.0. The Morgan fingerprint density at radius 1 is 1.50 bits per heavy atom. The van der Waals surface area contributed by atoms with Gasteiger partial charge in [0.1, 0.15) is 12.4 Å². The van der Waals surface area contributed by atoms with E-state index in [9.17, 15) is 9.18 Å². The number of diazo groups is 1. The normalized spacial score (nSPS) is 9.67. The zero-order valence-electron chi connectivity index (χ0n) is 9.03. The highest BCUT2D eigenvalue weighted by Crippen LogP contribution is 2.31. The van der Waals surface area contributed by atoms with Gasteiger partial charge in [-0.15, -0.1) is 11.6 Å². The van der Waals surface area contributed by atoms with Gasteiger partial charge in [-0.05, 0) is 0 Å². The van der Waals surface area contributed by atoms with E-state index in [2.05, 4.69) is 9.71 Å². The molecule has 1 aromatic carbocycles. The Morgan fingerprint density at radius 3 is 2.83 bits per heavy atom. The van der Waals surface area contributed by atoms with Gasteiger partial charge in [-0.3, -0.25) is 0 Å². The number of hydrogen-bond acceptors (Lipinski definition) is 4. The third-order valence-corrected chi connectivity index (χ3v) is 2.24. The lowest BCUT2D eigenvalue weighted by molar-refractivity contribution is -0.145. The molecule has 0 saturated carbocycles. The summed E-state index contributed by atoms with van der Waals surface area (Å²) < 4.78 is 22.7. The molecule has 96 valence electrons. The smallest absolute Gasteiger partial charge is 0.424 e. The summed E-state index contributed by atoms with van der Waals surface area (Å²) in [5, 5.41) is 8.46. The molecule has 1 rings (SSSR count). The SMILES string of the molecule is N#[N+]c1cc(OCC(=O)OCCCl)c(Cl)cc1F. The molecule has 0 fully saturated rings. The minimum absolute atomic E-state index is 0.00805. The summed E-state index contributed by atoms with van der Waals surface area (Å²) in [6, 6.07) is 1.97. The molecule has 0 heterocycles. The molecule has 0 N–H and O–H groups in total. The predicted molar refractivity (Wildman–Crippen MR) is 63.3 cm³/mol. The van der Waals surface area contributed by atoms with Crippen molar-refractivity contribution in [2.75, 3.05) is 19.1 Å². The van der Waals surface area contributed by atoms with E-state index >= 15 is 0 Å². The lowest BCUT2D eigenvalue weighted by Gasteiger charge is -2.06. The molecule has 0 aliphatic carbocycles. The van der Waals surface area contributed by atoms with Crippen molar-refractivity contribution in [3.05, 3.63) is 27.9 Å². The second-order valence-electron chi connectivity index (χ2n) is 3.03. The molecule has 5 nitrogen and oxygen atoms in total. The van der Waals surface area contributed by atoms with Gasteiger partial charge in [0.15, 0.2) is 11.6 Å². The molecule has 0 amide bonds. The molecule has 8 heteroatoms. The highest BCUT2D eigenvalue weighted by Gasteiger charge is 2.19. The van der Waals surface area contributed by atoms with E-state index in [0.29, 0.717) is 0 Å². The molecular formula is C10H8Cl2FN2O3+. The van der Waals surface area contributed by atoms with Crippen LogP contribution >= 0.6 is 23.2 Å². The van der Waals surface area contributed by atoms with Crippen LogP contribution in [0.25, 0.3) is 4.98 Å². The van der Waals surface area contributed by atoms with E-state index in [0.717, 1.165) is 12.1 Å². The van der Waals surface area contributed by atoms with Crippen molar-refractivity contribution < 1.29 is 18.7 Å². The van der Waals surface area contributed by atoms with Crippen molar-refractivity contribution in [2.45, 2.75) is 0 Å². The van der Waals surface area contributed by atoms with Crippen molar-refractivity contribution in [3.63, 3.8) is 0 Å². The van der Waals surface area contributed by atoms with Crippen LogP contribution in [0.1, 0.15) is 0 Å². The minimum atomic E-state index is -0.806. The van der Waals surface area contributed by atoms with Gasteiger partial charge in [0.05, 0.1) is 17.0 Å². The average Bonchev–Trinajstić information content (AvgIpc) is 2.35. The number of alkyl halides is 1. The van der Waals surface area contributed by atoms with Crippen molar-refractivity contribution in [3.8, 4) is 5.75 Å². The summed E-state index contributed by atoms with van der Waals surface area (Å²) in [5.74, 6) is -1.26.